The van der Waals surface area contributed by atoms with Gasteiger partial charge in [0.2, 0.25) is 5.91 Å². The van der Waals surface area contributed by atoms with Crippen LogP contribution in [0.15, 0.2) is 41.3 Å². The third-order valence-corrected chi connectivity index (χ3v) is 6.12. The van der Waals surface area contributed by atoms with Crippen LogP contribution in [0.4, 0.5) is 14.5 Å². The van der Waals surface area contributed by atoms with E-state index in [2.05, 4.69) is 4.98 Å². The van der Waals surface area contributed by atoms with Crippen LogP contribution in [0.25, 0.3) is 10.2 Å². The largest absolute Gasteiger partial charge is 0.466 e. The number of ether oxygens (including phenoxy) is 1. The summed E-state index contributed by atoms with van der Waals surface area (Å²) >= 11 is 2.56. The molecule has 0 atom stereocenters. The highest BCUT2D eigenvalue weighted by Crippen LogP contribution is 2.32. The van der Waals surface area contributed by atoms with Crippen LogP contribution in [0.2, 0.25) is 0 Å². The summed E-state index contributed by atoms with van der Waals surface area (Å²) in [7, 11) is 0. The molecule has 158 valence electrons. The lowest BCUT2D eigenvalue weighted by molar-refractivity contribution is -0.144. The van der Waals surface area contributed by atoms with Crippen molar-refractivity contribution in [2.24, 2.45) is 0 Å². The smallest absolute Gasteiger partial charge is 0.306 e. The summed E-state index contributed by atoms with van der Waals surface area (Å²) in [4.78, 5) is 31.4. The maximum absolute atomic E-state index is 14.1. The second-order valence-electron chi connectivity index (χ2n) is 6.30. The normalized spacial score (nSPS) is 10.9. The fraction of sp³-hybridized carbons (Fsp3) is 0.286. The lowest BCUT2D eigenvalue weighted by Gasteiger charge is -2.24. The highest BCUT2D eigenvalue weighted by Gasteiger charge is 2.22. The molecule has 1 amide bonds. The van der Waals surface area contributed by atoms with E-state index in [9.17, 15) is 18.4 Å². The number of fused-ring (bicyclic) bond motifs is 1. The van der Waals surface area contributed by atoms with Crippen LogP contribution < -0.4 is 4.90 Å². The van der Waals surface area contributed by atoms with E-state index in [0.29, 0.717) is 10.7 Å². The molecule has 30 heavy (non-hydrogen) atoms. The molecule has 0 aliphatic heterocycles. The Hall–Kier alpha value is -2.52. The number of thiazole rings is 1. The van der Waals surface area contributed by atoms with E-state index in [0.717, 1.165) is 22.3 Å². The first-order chi connectivity index (χ1) is 14.4. The van der Waals surface area contributed by atoms with Crippen molar-refractivity contribution < 1.29 is 23.1 Å². The summed E-state index contributed by atoms with van der Waals surface area (Å²) in [6.45, 7) is 2.04. The third-order valence-electron chi connectivity index (χ3n) is 4.27. The van der Waals surface area contributed by atoms with Gasteiger partial charge in [-0.3, -0.25) is 9.59 Å². The van der Waals surface area contributed by atoms with Gasteiger partial charge < -0.3 is 9.64 Å². The van der Waals surface area contributed by atoms with E-state index in [4.69, 9.17) is 4.74 Å². The third kappa shape index (κ3) is 5.14. The van der Waals surface area contributed by atoms with Crippen LogP contribution in [0.1, 0.15) is 24.8 Å². The van der Waals surface area contributed by atoms with Gasteiger partial charge in [0.05, 0.1) is 35.5 Å². The number of hydrogen-bond donors (Lipinski definition) is 0. The Kier molecular flexibility index (Phi) is 7.38. The van der Waals surface area contributed by atoms with E-state index in [1.54, 1.807) is 6.92 Å². The van der Waals surface area contributed by atoms with Crippen molar-refractivity contribution in [3.05, 3.63) is 53.0 Å². The number of halogens is 2. The number of amides is 1. The van der Waals surface area contributed by atoms with Crippen LogP contribution in [0.3, 0.4) is 0 Å². The van der Waals surface area contributed by atoms with Gasteiger partial charge in [-0.05, 0) is 25.3 Å². The first kappa shape index (κ1) is 22.2. The van der Waals surface area contributed by atoms with Crippen LogP contribution in [0.5, 0.6) is 0 Å². The van der Waals surface area contributed by atoms with Crippen molar-refractivity contribution in [1.29, 1.82) is 0 Å². The fourth-order valence-corrected chi connectivity index (χ4v) is 4.49. The number of esters is 1. The van der Waals surface area contributed by atoms with Gasteiger partial charge in [0.15, 0.2) is 0 Å². The molecule has 1 aromatic heterocycles. The predicted octanol–water partition coefficient (Wildman–Crippen LogP) is 5.17. The molecular formula is C21H20F2N2O3S2. The molecule has 0 aliphatic rings. The Morgan fingerprint density at radius 1 is 1.20 bits per heavy atom. The van der Waals surface area contributed by atoms with Crippen molar-refractivity contribution in [2.45, 2.75) is 31.2 Å². The van der Waals surface area contributed by atoms with Crippen molar-refractivity contribution in [3.8, 4) is 0 Å². The SMILES string of the molecule is CCOC(=O)CCC(=O)N(Cc1nc2cc(F)cc(F)c2s1)c1ccccc1SC. The van der Waals surface area contributed by atoms with E-state index < -0.39 is 17.6 Å². The molecule has 0 bridgehead atoms. The van der Waals surface area contributed by atoms with Gasteiger partial charge in [-0.1, -0.05) is 12.1 Å². The molecule has 0 aliphatic carbocycles. The van der Waals surface area contributed by atoms with Gasteiger partial charge in [0.1, 0.15) is 16.6 Å². The number of thioether (sulfide) groups is 1. The van der Waals surface area contributed by atoms with E-state index in [1.165, 1.54) is 22.7 Å². The van der Waals surface area contributed by atoms with Gasteiger partial charge >= 0.3 is 5.97 Å². The molecule has 3 rings (SSSR count). The van der Waals surface area contributed by atoms with E-state index in [-0.39, 0.29) is 42.1 Å². The van der Waals surface area contributed by atoms with E-state index in [1.807, 2.05) is 30.5 Å². The number of nitrogens with zero attached hydrogens (tertiary/aromatic N) is 2. The maximum Gasteiger partial charge on any atom is 0.306 e. The minimum absolute atomic E-state index is 0.0323. The number of aromatic nitrogens is 1. The van der Waals surface area contributed by atoms with Gasteiger partial charge in [0.25, 0.3) is 0 Å². The molecule has 0 N–H and O–H groups in total. The van der Waals surface area contributed by atoms with Gasteiger partial charge in [-0.25, -0.2) is 13.8 Å². The molecule has 0 fully saturated rings. The van der Waals surface area contributed by atoms with E-state index >= 15 is 0 Å². The number of rotatable bonds is 8. The maximum atomic E-state index is 14.1. The number of para-hydroxylation sites is 1. The quantitative estimate of drug-likeness (QED) is 0.350. The van der Waals surface area contributed by atoms with Crippen molar-refractivity contribution in [1.82, 2.24) is 4.98 Å². The Labute approximate surface area is 181 Å². The Morgan fingerprint density at radius 3 is 2.70 bits per heavy atom. The summed E-state index contributed by atoms with van der Waals surface area (Å²) in [6.07, 6.45) is 1.83. The first-order valence-corrected chi connectivity index (χ1v) is 11.3. The van der Waals surface area contributed by atoms with Crippen LogP contribution in [0, 0.1) is 11.6 Å². The second-order valence-corrected chi connectivity index (χ2v) is 8.23. The molecule has 9 heteroatoms. The van der Waals surface area contributed by atoms with Gasteiger partial charge in [-0.2, -0.15) is 0 Å². The highest BCUT2D eigenvalue weighted by atomic mass is 32.2. The van der Waals surface area contributed by atoms with Crippen LogP contribution in [-0.2, 0) is 20.9 Å². The van der Waals surface area contributed by atoms with Crippen molar-refractivity contribution in [2.75, 3.05) is 17.8 Å². The molecule has 0 radical (unpaired) electrons. The standard InChI is InChI=1S/C21H20F2N2O3S2/c1-3-28-20(27)9-8-19(26)25(16-6-4-5-7-17(16)29-2)12-18-24-15-11-13(22)10-14(23)21(15)30-18/h4-7,10-11H,3,8-9,12H2,1-2H3. The average Bonchev–Trinajstić information content (AvgIpc) is 3.13. The van der Waals surface area contributed by atoms with Gasteiger partial charge in [-0.15, -0.1) is 23.1 Å². The summed E-state index contributed by atoms with van der Waals surface area (Å²) in [5.41, 5.74) is 0.884. The fourth-order valence-electron chi connectivity index (χ4n) is 2.95. The Morgan fingerprint density at radius 2 is 1.97 bits per heavy atom. The minimum Gasteiger partial charge on any atom is -0.466 e. The Bertz CT molecular complexity index is 1070. The topological polar surface area (TPSA) is 59.5 Å². The zero-order valence-corrected chi connectivity index (χ0v) is 18.1. The number of hydrogen-bond acceptors (Lipinski definition) is 6. The van der Waals surface area contributed by atoms with Gasteiger partial charge in [0, 0.05) is 23.4 Å². The lowest BCUT2D eigenvalue weighted by Crippen LogP contribution is -2.31. The zero-order valence-electron chi connectivity index (χ0n) is 16.5. The second kappa shape index (κ2) is 9.99. The number of carbonyl (C=O) groups excluding carboxylic acids is 2. The summed E-state index contributed by atoms with van der Waals surface area (Å²) in [5, 5.41) is 0.467. The average molecular weight is 451 g/mol. The summed E-state index contributed by atoms with van der Waals surface area (Å²) in [6, 6.07) is 9.36. The molecule has 2 aromatic carbocycles. The lowest BCUT2D eigenvalue weighted by atomic mass is 10.2. The van der Waals surface area contributed by atoms with Crippen molar-refractivity contribution in [3.63, 3.8) is 0 Å². The number of benzene rings is 2. The molecule has 0 saturated carbocycles. The van der Waals surface area contributed by atoms with Crippen LogP contribution >= 0.6 is 23.1 Å². The minimum atomic E-state index is -0.702. The predicted molar refractivity (Wildman–Crippen MR) is 115 cm³/mol. The summed E-state index contributed by atoms with van der Waals surface area (Å²) < 4.78 is 32.7. The number of anilines is 1. The molecule has 0 saturated heterocycles. The number of carbonyl (C=O) groups is 2. The summed E-state index contributed by atoms with van der Waals surface area (Å²) in [5.74, 6) is -2.11. The Balaban J connectivity index is 1.92. The first-order valence-electron chi connectivity index (χ1n) is 9.26. The zero-order chi connectivity index (χ0) is 21.7. The highest BCUT2D eigenvalue weighted by molar-refractivity contribution is 7.98. The van der Waals surface area contributed by atoms with Crippen molar-refractivity contribution >= 4 is 50.9 Å². The monoisotopic (exact) mass is 450 g/mol. The molecule has 5 nitrogen and oxygen atoms in total. The van der Waals surface area contributed by atoms with Crippen LogP contribution in [-0.4, -0.2) is 29.7 Å². The molecule has 0 spiro atoms. The molecular weight excluding hydrogens is 430 g/mol. The molecule has 1 heterocycles. The molecule has 0 unspecified atom stereocenters. The molecule has 3 aromatic rings.